The molecule has 0 bridgehead atoms. The molecule has 0 radical (unpaired) electrons. The normalized spacial score (nSPS) is 14.9. The van der Waals surface area contributed by atoms with Gasteiger partial charge in [0.15, 0.2) is 5.43 Å². The largest absolute Gasteiger partial charge is 0.477 e. The lowest BCUT2D eigenvalue weighted by molar-refractivity contribution is 0.0693. The molecule has 0 saturated carbocycles. The molecule has 1 N–H and O–H groups in total. The highest BCUT2D eigenvalue weighted by Gasteiger charge is 2.34. The number of pyridine rings is 1. The number of carboxylic acid groups (broad SMARTS) is 1. The van der Waals surface area contributed by atoms with Gasteiger partial charge in [-0.3, -0.25) is 4.79 Å². The first-order chi connectivity index (χ1) is 16.6. The van der Waals surface area contributed by atoms with Crippen molar-refractivity contribution in [2.45, 2.75) is 52.5 Å². The summed E-state index contributed by atoms with van der Waals surface area (Å²) >= 11 is 0. The third-order valence-electron chi connectivity index (χ3n) is 6.86. The Morgan fingerprint density at radius 3 is 2.46 bits per heavy atom. The van der Waals surface area contributed by atoms with E-state index in [1.54, 1.807) is 19.2 Å². The predicted molar refractivity (Wildman–Crippen MR) is 136 cm³/mol. The topological polar surface area (TPSA) is 68.5 Å². The zero-order valence-electron chi connectivity index (χ0n) is 20.7. The van der Waals surface area contributed by atoms with Crippen molar-refractivity contribution in [1.29, 1.82) is 0 Å². The molecule has 2 heterocycles. The maximum Gasteiger partial charge on any atom is 0.341 e. The quantitative estimate of drug-likeness (QED) is 0.416. The number of nitrogens with zero attached hydrogens (tertiary/aromatic N) is 1. The van der Waals surface area contributed by atoms with Gasteiger partial charge in [0.2, 0.25) is 0 Å². The molecule has 1 aromatic heterocycles. The zero-order chi connectivity index (χ0) is 25.3. The summed E-state index contributed by atoms with van der Waals surface area (Å²) in [6.07, 6.45) is 4.98. The number of benzene rings is 2. The molecule has 2 aromatic carbocycles. The third-order valence-corrected chi connectivity index (χ3v) is 6.86. The molecule has 1 atom stereocenters. The number of hydrogen-bond acceptors (Lipinski definition) is 3. The number of aromatic nitrogens is 1. The molecule has 0 fully saturated rings. The summed E-state index contributed by atoms with van der Waals surface area (Å²) in [6, 6.07) is 12.2. The van der Waals surface area contributed by atoms with Crippen LogP contribution in [-0.2, 0) is 17.6 Å². The van der Waals surface area contributed by atoms with Crippen molar-refractivity contribution in [1.82, 2.24) is 4.57 Å². The number of ether oxygens (including phenoxy) is 1. The highest BCUT2D eigenvalue weighted by atomic mass is 19.1. The number of aryl methyl sites for hydroxylation is 1. The van der Waals surface area contributed by atoms with Crippen molar-refractivity contribution in [2.24, 2.45) is 5.41 Å². The lowest BCUT2D eigenvalue weighted by Gasteiger charge is -2.39. The number of carboxylic acids is 1. The Morgan fingerprint density at radius 2 is 1.83 bits per heavy atom. The van der Waals surface area contributed by atoms with Crippen LogP contribution in [0.25, 0.3) is 22.4 Å². The molecular weight excluding hydrogens is 445 g/mol. The molecule has 1 aliphatic rings. The number of aromatic carboxylic acids is 1. The standard InChI is InChI=1S/C29H32FNO4/c1-29(2,3)27-14-20-13-19(7-5-6-12-35-4)22(18-8-10-21(30)11-9-18)15-23(20)25-16-26(32)24(28(33)34)17-31(25)27/h8-11,13,15-17,27H,5-7,12,14H2,1-4H3,(H,33,34)/t27-/m0/s1. The van der Waals surface area contributed by atoms with Crippen LogP contribution in [0, 0.1) is 11.2 Å². The van der Waals surface area contributed by atoms with Gasteiger partial charge in [-0.1, -0.05) is 39.0 Å². The van der Waals surface area contributed by atoms with Crippen LogP contribution in [0.2, 0.25) is 0 Å². The van der Waals surface area contributed by atoms with E-state index in [0.717, 1.165) is 53.6 Å². The lowest BCUT2D eigenvalue weighted by atomic mass is 9.77. The molecule has 35 heavy (non-hydrogen) atoms. The van der Waals surface area contributed by atoms with E-state index >= 15 is 0 Å². The lowest BCUT2D eigenvalue weighted by Crippen LogP contribution is -2.33. The van der Waals surface area contributed by atoms with Gasteiger partial charge >= 0.3 is 5.97 Å². The SMILES string of the molecule is COCCCCc1cc2c(cc1-c1ccc(F)cc1)-c1cc(=O)c(C(=O)O)cn1[C@H](C(C)(C)C)C2. The van der Waals surface area contributed by atoms with Gasteiger partial charge in [0.1, 0.15) is 11.4 Å². The van der Waals surface area contributed by atoms with E-state index < -0.39 is 11.4 Å². The molecule has 0 spiro atoms. The van der Waals surface area contributed by atoms with Gasteiger partial charge in [-0.05, 0) is 71.6 Å². The van der Waals surface area contributed by atoms with Crippen LogP contribution in [0.4, 0.5) is 4.39 Å². The summed E-state index contributed by atoms with van der Waals surface area (Å²) < 4.78 is 20.8. The van der Waals surface area contributed by atoms with Crippen molar-refractivity contribution in [3.63, 3.8) is 0 Å². The fourth-order valence-corrected chi connectivity index (χ4v) is 4.98. The van der Waals surface area contributed by atoms with E-state index in [0.29, 0.717) is 6.61 Å². The Kier molecular flexibility index (Phi) is 6.95. The molecule has 3 aromatic rings. The van der Waals surface area contributed by atoms with Gasteiger partial charge in [0, 0.05) is 37.6 Å². The summed E-state index contributed by atoms with van der Waals surface area (Å²) in [5.74, 6) is -1.51. The summed E-state index contributed by atoms with van der Waals surface area (Å²) in [5.41, 5.74) is 4.97. The number of unbranched alkanes of at least 4 members (excludes halogenated alkanes) is 1. The molecule has 184 valence electrons. The molecule has 0 amide bonds. The van der Waals surface area contributed by atoms with Crippen LogP contribution in [0.3, 0.4) is 0 Å². The molecular formula is C29H32FNO4. The minimum Gasteiger partial charge on any atom is -0.477 e. The van der Waals surface area contributed by atoms with E-state index in [1.165, 1.54) is 30.0 Å². The van der Waals surface area contributed by atoms with Crippen molar-refractivity contribution < 1.29 is 19.0 Å². The fourth-order valence-electron chi connectivity index (χ4n) is 4.98. The number of halogens is 1. The van der Waals surface area contributed by atoms with Crippen LogP contribution in [0.1, 0.15) is 61.1 Å². The molecule has 6 heteroatoms. The number of carbonyl (C=O) groups is 1. The Morgan fingerprint density at radius 1 is 1.11 bits per heavy atom. The van der Waals surface area contributed by atoms with Crippen LogP contribution in [0.15, 0.2) is 53.5 Å². The molecule has 4 rings (SSSR count). The first-order valence-corrected chi connectivity index (χ1v) is 12.0. The number of fused-ring (bicyclic) bond motifs is 3. The smallest absolute Gasteiger partial charge is 0.341 e. The van der Waals surface area contributed by atoms with Gasteiger partial charge in [-0.25, -0.2) is 9.18 Å². The molecule has 0 saturated heterocycles. The van der Waals surface area contributed by atoms with E-state index in [4.69, 9.17) is 4.74 Å². The Hall–Kier alpha value is -3.25. The van der Waals surface area contributed by atoms with Crippen LogP contribution >= 0.6 is 0 Å². The maximum atomic E-state index is 13.7. The fraction of sp³-hybridized carbons (Fsp3) is 0.379. The highest BCUT2D eigenvalue weighted by Crippen LogP contribution is 2.44. The summed E-state index contributed by atoms with van der Waals surface area (Å²) in [5, 5.41) is 9.57. The summed E-state index contributed by atoms with van der Waals surface area (Å²) in [7, 11) is 1.70. The Bertz CT molecular complexity index is 1300. The van der Waals surface area contributed by atoms with Crippen LogP contribution in [-0.4, -0.2) is 29.4 Å². The molecule has 0 unspecified atom stereocenters. The second kappa shape index (κ2) is 9.78. The van der Waals surface area contributed by atoms with Crippen LogP contribution in [0.5, 0.6) is 0 Å². The van der Waals surface area contributed by atoms with Crippen molar-refractivity contribution in [3.8, 4) is 22.4 Å². The average molecular weight is 478 g/mol. The Balaban J connectivity index is 1.92. The Labute approximate surface area is 205 Å². The predicted octanol–water partition coefficient (Wildman–Crippen LogP) is 6.13. The molecule has 0 aliphatic carbocycles. The van der Waals surface area contributed by atoms with Gasteiger partial charge < -0.3 is 14.4 Å². The molecule has 5 nitrogen and oxygen atoms in total. The third kappa shape index (κ3) is 5.08. The number of rotatable bonds is 7. The zero-order valence-corrected chi connectivity index (χ0v) is 20.7. The summed E-state index contributed by atoms with van der Waals surface area (Å²) in [4.78, 5) is 24.4. The van der Waals surface area contributed by atoms with Gasteiger partial charge in [0.25, 0.3) is 0 Å². The monoisotopic (exact) mass is 477 g/mol. The average Bonchev–Trinajstić information content (AvgIpc) is 2.80. The van der Waals surface area contributed by atoms with Gasteiger partial charge in [0.05, 0.1) is 5.69 Å². The maximum absolute atomic E-state index is 13.7. The van der Waals surface area contributed by atoms with E-state index in [9.17, 15) is 19.1 Å². The first-order valence-electron chi connectivity index (χ1n) is 12.0. The summed E-state index contributed by atoms with van der Waals surface area (Å²) in [6.45, 7) is 7.09. The van der Waals surface area contributed by atoms with Crippen molar-refractivity contribution in [2.75, 3.05) is 13.7 Å². The number of methoxy groups -OCH3 is 1. The highest BCUT2D eigenvalue weighted by molar-refractivity contribution is 5.88. The van der Waals surface area contributed by atoms with Crippen molar-refractivity contribution >= 4 is 5.97 Å². The van der Waals surface area contributed by atoms with E-state index in [2.05, 4.69) is 32.9 Å². The van der Waals surface area contributed by atoms with Gasteiger partial charge in [-0.2, -0.15) is 0 Å². The minimum atomic E-state index is -1.22. The van der Waals surface area contributed by atoms with E-state index in [1.807, 2.05) is 4.57 Å². The first kappa shape index (κ1) is 24.9. The second-order valence-electron chi connectivity index (χ2n) is 10.4. The number of hydrogen-bond donors (Lipinski definition) is 1. The van der Waals surface area contributed by atoms with Crippen LogP contribution < -0.4 is 5.43 Å². The molecule has 1 aliphatic heterocycles. The van der Waals surface area contributed by atoms with Crippen molar-refractivity contribution in [3.05, 3.63) is 81.4 Å². The second-order valence-corrected chi connectivity index (χ2v) is 10.4. The minimum absolute atomic E-state index is 0.0123. The van der Waals surface area contributed by atoms with E-state index in [-0.39, 0.29) is 22.8 Å². The van der Waals surface area contributed by atoms with Gasteiger partial charge in [-0.15, -0.1) is 0 Å².